The highest BCUT2D eigenvalue weighted by Crippen LogP contribution is 2.23. The maximum absolute atomic E-state index is 5.06. The minimum Gasteiger partial charge on any atom is -0.480 e. The van der Waals surface area contributed by atoms with Crippen molar-refractivity contribution in [2.24, 2.45) is 0 Å². The van der Waals surface area contributed by atoms with Gasteiger partial charge in [0.05, 0.1) is 12.8 Å². The Bertz CT molecular complexity index is 454. The summed E-state index contributed by atoms with van der Waals surface area (Å²) in [4.78, 5) is 0. The lowest BCUT2D eigenvalue weighted by Gasteiger charge is -2.05. The Morgan fingerprint density at radius 1 is 1.07 bits per heavy atom. The van der Waals surface area contributed by atoms with Gasteiger partial charge in [0.25, 0.3) is 0 Å². The van der Waals surface area contributed by atoms with Crippen LogP contribution in [0.15, 0.2) is 36.4 Å². The van der Waals surface area contributed by atoms with Crippen molar-refractivity contribution in [3.8, 4) is 17.0 Å². The molecule has 1 aromatic heterocycles. The van der Waals surface area contributed by atoms with E-state index in [1.807, 2.05) is 43.3 Å². The van der Waals surface area contributed by atoms with Crippen LogP contribution in [0.1, 0.15) is 5.69 Å². The first kappa shape index (κ1) is 9.65. The van der Waals surface area contributed by atoms with Gasteiger partial charge in [-0.05, 0) is 12.5 Å². The summed E-state index contributed by atoms with van der Waals surface area (Å²) >= 11 is 0. The zero-order valence-corrected chi connectivity index (χ0v) is 8.77. The molecule has 1 heterocycles. The fraction of sp³-hybridized carbons (Fsp3) is 0.167. The van der Waals surface area contributed by atoms with Crippen molar-refractivity contribution in [2.45, 2.75) is 6.92 Å². The van der Waals surface area contributed by atoms with Gasteiger partial charge in [0.1, 0.15) is 0 Å². The lowest BCUT2D eigenvalue weighted by atomic mass is 10.1. The van der Waals surface area contributed by atoms with Crippen molar-refractivity contribution in [3.63, 3.8) is 0 Å². The normalized spacial score (nSPS) is 10.0. The molecule has 0 fully saturated rings. The van der Waals surface area contributed by atoms with Crippen LogP contribution in [0.2, 0.25) is 0 Å². The quantitative estimate of drug-likeness (QED) is 0.747. The highest BCUT2D eigenvalue weighted by Gasteiger charge is 2.05. The number of ether oxygens (including phenoxy) is 1. The maximum atomic E-state index is 5.06. The van der Waals surface area contributed by atoms with Gasteiger partial charge >= 0.3 is 0 Å². The van der Waals surface area contributed by atoms with E-state index in [-0.39, 0.29) is 0 Å². The van der Waals surface area contributed by atoms with Crippen LogP contribution in [-0.4, -0.2) is 17.3 Å². The van der Waals surface area contributed by atoms with E-state index in [2.05, 4.69) is 10.2 Å². The highest BCUT2D eigenvalue weighted by atomic mass is 16.5. The highest BCUT2D eigenvalue weighted by molar-refractivity contribution is 5.66. The summed E-state index contributed by atoms with van der Waals surface area (Å²) in [5.74, 6) is 0.541. The molecule has 15 heavy (non-hydrogen) atoms. The molecule has 1 aromatic carbocycles. The maximum Gasteiger partial charge on any atom is 0.233 e. The third kappa shape index (κ3) is 1.96. The van der Waals surface area contributed by atoms with Gasteiger partial charge in [0.2, 0.25) is 5.88 Å². The molecule has 3 heteroatoms. The van der Waals surface area contributed by atoms with Crippen LogP contribution in [0.4, 0.5) is 0 Å². The van der Waals surface area contributed by atoms with Gasteiger partial charge in [-0.3, -0.25) is 0 Å². The molecule has 2 aromatic rings. The van der Waals surface area contributed by atoms with Gasteiger partial charge < -0.3 is 4.74 Å². The van der Waals surface area contributed by atoms with Crippen LogP contribution >= 0.6 is 0 Å². The Hall–Kier alpha value is -1.90. The molecule has 0 saturated carbocycles. The summed E-state index contributed by atoms with van der Waals surface area (Å²) in [6, 6.07) is 12.0. The van der Waals surface area contributed by atoms with Crippen molar-refractivity contribution in [1.29, 1.82) is 0 Å². The molecule has 0 spiro atoms. The van der Waals surface area contributed by atoms with Gasteiger partial charge in [-0.1, -0.05) is 30.3 Å². The third-order valence-corrected chi connectivity index (χ3v) is 2.25. The standard InChI is InChI=1S/C12H12N2O/c1-9-11(8-12(15-2)14-13-9)10-6-4-3-5-7-10/h3-8H,1-2H3. The number of benzene rings is 1. The molecular weight excluding hydrogens is 188 g/mol. The Kier molecular flexibility index (Phi) is 2.63. The van der Waals surface area contributed by atoms with Crippen LogP contribution in [0.5, 0.6) is 5.88 Å². The Balaban J connectivity index is 2.52. The molecule has 0 bridgehead atoms. The van der Waals surface area contributed by atoms with E-state index in [0.29, 0.717) is 5.88 Å². The molecule has 76 valence electrons. The number of aryl methyl sites for hydroxylation is 1. The van der Waals surface area contributed by atoms with Crippen LogP contribution in [0, 0.1) is 6.92 Å². The zero-order valence-electron chi connectivity index (χ0n) is 8.77. The second-order valence-electron chi connectivity index (χ2n) is 3.25. The van der Waals surface area contributed by atoms with Crippen molar-refractivity contribution in [3.05, 3.63) is 42.1 Å². The van der Waals surface area contributed by atoms with E-state index in [1.165, 1.54) is 0 Å². The topological polar surface area (TPSA) is 35.0 Å². The van der Waals surface area contributed by atoms with Crippen LogP contribution in [0.25, 0.3) is 11.1 Å². The van der Waals surface area contributed by atoms with Gasteiger partial charge in [-0.2, -0.15) is 5.10 Å². The molecule has 0 atom stereocenters. The molecule has 0 aliphatic heterocycles. The average Bonchev–Trinajstić information content (AvgIpc) is 2.31. The minimum atomic E-state index is 0.541. The number of aromatic nitrogens is 2. The second kappa shape index (κ2) is 4.09. The van der Waals surface area contributed by atoms with Crippen molar-refractivity contribution < 1.29 is 4.74 Å². The summed E-state index contributed by atoms with van der Waals surface area (Å²) in [5, 5.41) is 7.96. The van der Waals surface area contributed by atoms with Crippen LogP contribution in [0.3, 0.4) is 0 Å². The summed E-state index contributed by atoms with van der Waals surface area (Å²) in [7, 11) is 1.59. The Morgan fingerprint density at radius 2 is 1.80 bits per heavy atom. The summed E-state index contributed by atoms with van der Waals surface area (Å²) in [6.45, 7) is 1.94. The first-order valence-electron chi connectivity index (χ1n) is 4.75. The zero-order chi connectivity index (χ0) is 10.7. The lowest BCUT2D eigenvalue weighted by Crippen LogP contribution is -1.95. The summed E-state index contributed by atoms with van der Waals surface area (Å²) < 4.78 is 5.06. The summed E-state index contributed by atoms with van der Waals surface area (Å²) in [6.07, 6.45) is 0. The molecule has 2 rings (SSSR count). The van der Waals surface area contributed by atoms with E-state index in [1.54, 1.807) is 7.11 Å². The number of nitrogens with zero attached hydrogens (tertiary/aromatic N) is 2. The first-order valence-corrected chi connectivity index (χ1v) is 4.75. The van der Waals surface area contributed by atoms with Crippen molar-refractivity contribution in [2.75, 3.05) is 7.11 Å². The molecule has 0 radical (unpaired) electrons. The molecular formula is C12H12N2O. The Morgan fingerprint density at radius 3 is 2.47 bits per heavy atom. The third-order valence-electron chi connectivity index (χ3n) is 2.25. The Labute approximate surface area is 88.7 Å². The van der Waals surface area contributed by atoms with Gasteiger partial charge in [-0.15, -0.1) is 5.10 Å². The number of methoxy groups -OCH3 is 1. The average molecular weight is 200 g/mol. The van der Waals surface area contributed by atoms with Crippen LogP contribution < -0.4 is 4.74 Å². The molecule has 0 amide bonds. The number of rotatable bonds is 2. The van der Waals surface area contributed by atoms with Gasteiger partial charge in [-0.25, -0.2) is 0 Å². The molecule has 3 nitrogen and oxygen atoms in total. The monoisotopic (exact) mass is 200 g/mol. The predicted octanol–water partition coefficient (Wildman–Crippen LogP) is 2.46. The SMILES string of the molecule is COc1cc(-c2ccccc2)c(C)nn1. The van der Waals surface area contributed by atoms with E-state index in [0.717, 1.165) is 16.8 Å². The van der Waals surface area contributed by atoms with E-state index in [4.69, 9.17) is 4.74 Å². The number of hydrogen-bond donors (Lipinski definition) is 0. The van der Waals surface area contributed by atoms with Crippen molar-refractivity contribution >= 4 is 0 Å². The largest absolute Gasteiger partial charge is 0.480 e. The lowest BCUT2D eigenvalue weighted by molar-refractivity contribution is 0.391. The summed E-state index contributed by atoms with van der Waals surface area (Å²) in [5.41, 5.74) is 3.09. The molecule has 0 aliphatic carbocycles. The number of hydrogen-bond acceptors (Lipinski definition) is 3. The predicted molar refractivity (Wildman–Crippen MR) is 58.8 cm³/mol. The van der Waals surface area contributed by atoms with E-state index < -0.39 is 0 Å². The molecule has 0 saturated heterocycles. The smallest absolute Gasteiger partial charge is 0.233 e. The fourth-order valence-electron chi connectivity index (χ4n) is 1.44. The van der Waals surface area contributed by atoms with Gasteiger partial charge in [0, 0.05) is 11.6 Å². The first-order chi connectivity index (χ1) is 7.31. The van der Waals surface area contributed by atoms with Crippen LogP contribution in [-0.2, 0) is 0 Å². The van der Waals surface area contributed by atoms with Gasteiger partial charge in [0.15, 0.2) is 0 Å². The molecule has 0 N–H and O–H groups in total. The fourth-order valence-corrected chi connectivity index (χ4v) is 1.44. The van der Waals surface area contributed by atoms with E-state index >= 15 is 0 Å². The van der Waals surface area contributed by atoms with E-state index in [9.17, 15) is 0 Å². The minimum absolute atomic E-state index is 0.541. The van der Waals surface area contributed by atoms with Crippen molar-refractivity contribution in [1.82, 2.24) is 10.2 Å². The molecule has 0 aliphatic rings. The second-order valence-corrected chi connectivity index (χ2v) is 3.25. The molecule has 0 unspecified atom stereocenters.